The van der Waals surface area contributed by atoms with Crippen LogP contribution in [0.1, 0.15) is 83.8 Å². The summed E-state index contributed by atoms with van der Waals surface area (Å²) >= 11 is 7.19. The summed E-state index contributed by atoms with van der Waals surface area (Å²) in [6.45, 7) is 10.2. The van der Waals surface area contributed by atoms with Crippen LogP contribution in [0.3, 0.4) is 0 Å². The molecule has 2 N–H and O–H groups in total. The molecule has 1 aliphatic carbocycles. The predicted octanol–water partition coefficient (Wildman–Crippen LogP) is 11.1. The maximum Gasteiger partial charge on any atom is 0.264 e. The van der Waals surface area contributed by atoms with E-state index in [0.717, 1.165) is 58.2 Å². The van der Waals surface area contributed by atoms with Gasteiger partial charge in [-0.15, -0.1) is 0 Å². The Kier molecular flexibility index (Phi) is 12.3. The van der Waals surface area contributed by atoms with Crippen molar-refractivity contribution in [3.63, 3.8) is 0 Å². The van der Waals surface area contributed by atoms with E-state index in [1.807, 2.05) is 12.1 Å². The van der Waals surface area contributed by atoms with Gasteiger partial charge in [-0.05, 0) is 109 Å². The van der Waals surface area contributed by atoms with E-state index in [-0.39, 0.29) is 22.3 Å². The van der Waals surface area contributed by atoms with E-state index < -0.39 is 20.2 Å². The Bertz CT molecular complexity index is 2720. The van der Waals surface area contributed by atoms with Crippen molar-refractivity contribution < 1.29 is 30.5 Å². The van der Waals surface area contributed by atoms with Crippen LogP contribution in [0, 0.1) is 0 Å². The fourth-order valence-corrected chi connectivity index (χ4v) is 10.8. The van der Waals surface area contributed by atoms with Crippen LogP contribution >= 0.6 is 11.6 Å². The third kappa shape index (κ3) is 9.08. The van der Waals surface area contributed by atoms with Gasteiger partial charge in [0, 0.05) is 52.5 Å². The zero-order valence-electron chi connectivity index (χ0n) is 34.3. The van der Waals surface area contributed by atoms with Gasteiger partial charge in [-0.2, -0.15) is 21.4 Å². The quantitative estimate of drug-likeness (QED) is 0.0737. The van der Waals surface area contributed by atoms with Gasteiger partial charge in [0.1, 0.15) is 6.54 Å². The van der Waals surface area contributed by atoms with Gasteiger partial charge in [0.05, 0.1) is 16.9 Å². The maximum atomic E-state index is 11.5. The SMILES string of the molecule is CC1(C)C(/C=C/C2=C(Cl)C(=C/C=C/C=C3/N(CCCCS(=O)(=O)O)c4ccc5ccccc5c4C3(C)C)/CCC2)=[N+](CCCCS(=O)(=O)O)c2ccc3ccccc3c21. The minimum atomic E-state index is -4.03. The van der Waals surface area contributed by atoms with Gasteiger partial charge in [-0.25, -0.2) is 0 Å². The molecule has 0 atom stereocenters. The third-order valence-electron chi connectivity index (χ3n) is 12.1. The van der Waals surface area contributed by atoms with Crippen molar-refractivity contribution in [2.75, 3.05) is 29.5 Å². The molecule has 11 heteroatoms. The summed E-state index contributed by atoms with van der Waals surface area (Å²) in [6, 6.07) is 25.4. The molecule has 2 heterocycles. The van der Waals surface area contributed by atoms with E-state index in [1.54, 1.807) is 0 Å². The number of unbranched alkanes of at least 4 members (excludes halogenated alkanes) is 2. The van der Waals surface area contributed by atoms with Crippen molar-refractivity contribution in [2.24, 2.45) is 0 Å². The second-order valence-electron chi connectivity index (χ2n) is 16.9. The number of rotatable bonds is 14. The van der Waals surface area contributed by atoms with Crippen LogP contribution in [0.25, 0.3) is 21.5 Å². The zero-order chi connectivity index (χ0) is 42.2. The first-order valence-electron chi connectivity index (χ1n) is 20.5. The Morgan fingerprint density at radius 2 is 1.32 bits per heavy atom. The Balaban J connectivity index is 1.17. The average molecular weight is 855 g/mol. The third-order valence-corrected chi connectivity index (χ3v) is 14.2. The van der Waals surface area contributed by atoms with Gasteiger partial charge in [0.2, 0.25) is 5.69 Å². The maximum absolute atomic E-state index is 11.5. The van der Waals surface area contributed by atoms with E-state index in [1.165, 1.54) is 32.7 Å². The minimum Gasteiger partial charge on any atom is -0.344 e. The van der Waals surface area contributed by atoms with Crippen LogP contribution in [-0.4, -0.2) is 60.8 Å². The van der Waals surface area contributed by atoms with Crippen molar-refractivity contribution in [1.29, 1.82) is 0 Å². The highest BCUT2D eigenvalue weighted by Crippen LogP contribution is 2.51. The first kappa shape index (κ1) is 42.8. The molecule has 2 aliphatic heterocycles. The summed E-state index contributed by atoms with van der Waals surface area (Å²) in [5.74, 6) is -0.518. The molecule has 0 unspecified atom stereocenters. The monoisotopic (exact) mass is 853 g/mol. The Hall–Kier alpha value is -4.32. The van der Waals surface area contributed by atoms with Crippen molar-refractivity contribution in [1.82, 2.24) is 0 Å². The van der Waals surface area contributed by atoms with E-state index in [0.29, 0.717) is 38.8 Å². The summed E-state index contributed by atoms with van der Waals surface area (Å²) in [4.78, 5) is 2.29. The number of hydrogen-bond acceptors (Lipinski definition) is 5. The first-order chi connectivity index (χ1) is 28.0. The molecule has 0 saturated heterocycles. The molecule has 0 bridgehead atoms. The van der Waals surface area contributed by atoms with Gasteiger partial charge in [-0.1, -0.05) is 104 Å². The van der Waals surface area contributed by atoms with Gasteiger partial charge in [-0.3, -0.25) is 9.11 Å². The van der Waals surface area contributed by atoms with Crippen LogP contribution in [0.4, 0.5) is 11.4 Å². The molecule has 59 heavy (non-hydrogen) atoms. The number of fused-ring (bicyclic) bond motifs is 6. The van der Waals surface area contributed by atoms with Crippen LogP contribution < -0.4 is 4.90 Å². The average Bonchev–Trinajstić information content (AvgIpc) is 3.54. The lowest BCUT2D eigenvalue weighted by Crippen LogP contribution is -2.28. The molecule has 0 aromatic heterocycles. The second kappa shape index (κ2) is 17.0. The number of nitrogens with zero attached hydrogens (tertiary/aromatic N) is 2. The van der Waals surface area contributed by atoms with Crippen molar-refractivity contribution in [3.05, 3.63) is 142 Å². The molecule has 7 rings (SSSR count). The number of allylic oxidation sites excluding steroid dienone is 10. The van der Waals surface area contributed by atoms with Crippen LogP contribution in [0.2, 0.25) is 0 Å². The number of hydrogen-bond donors (Lipinski definition) is 2. The largest absolute Gasteiger partial charge is 0.344 e. The molecule has 0 amide bonds. The molecule has 0 fully saturated rings. The van der Waals surface area contributed by atoms with E-state index in [9.17, 15) is 25.9 Å². The highest BCUT2D eigenvalue weighted by atomic mass is 35.5. The first-order valence-corrected chi connectivity index (χ1v) is 24.1. The number of benzene rings is 4. The minimum absolute atomic E-state index is 0.257. The molecule has 3 aliphatic rings. The number of anilines is 1. The van der Waals surface area contributed by atoms with Gasteiger partial charge < -0.3 is 4.90 Å². The van der Waals surface area contributed by atoms with Crippen molar-refractivity contribution >= 4 is 70.5 Å². The smallest absolute Gasteiger partial charge is 0.264 e. The lowest BCUT2D eigenvalue weighted by Gasteiger charge is -2.27. The lowest BCUT2D eigenvalue weighted by molar-refractivity contribution is -0.438. The Morgan fingerprint density at radius 1 is 0.712 bits per heavy atom. The molecular weight excluding hydrogens is 800 g/mol. The predicted molar refractivity (Wildman–Crippen MR) is 244 cm³/mol. The fraction of sp³-hybridized carbons (Fsp3) is 0.354. The molecule has 8 nitrogen and oxygen atoms in total. The summed E-state index contributed by atoms with van der Waals surface area (Å²) in [6.07, 6.45) is 17.3. The molecular formula is C48H54ClN2O6S2+. The van der Waals surface area contributed by atoms with Gasteiger partial charge in [0.25, 0.3) is 20.2 Å². The molecule has 4 aromatic carbocycles. The molecule has 310 valence electrons. The van der Waals surface area contributed by atoms with Crippen LogP contribution in [0.15, 0.2) is 131 Å². The topological polar surface area (TPSA) is 115 Å². The van der Waals surface area contributed by atoms with E-state index in [2.05, 4.69) is 134 Å². The van der Waals surface area contributed by atoms with Crippen LogP contribution in [-0.2, 0) is 31.1 Å². The van der Waals surface area contributed by atoms with Gasteiger partial charge >= 0.3 is 0 Å². The molecule has 4 aromatic rings. The fourth-order valence-electron chi connectivity index (χ4n) is 9.37. The van der Waals surface area contributed by atoms with Crippen molar-refractivity contribution in [2.45, 2.75) is 83.5 Å². The zero-order valence-corrected chi connectivity index (χ0v) is 36.7. The van der Waals surface area contributed by atoms with E-state index in [4.69, 9.17) is 11.6 Å². The van der Waals surface area contributed by atoms with Crippen molar-refractivity contribution in [3.8, 4) is 0 Å². The summed E-state index contributed by atoms with van der Waals surface area (Å²) in [7, 11) is -8.05. The molecule has 0 saturated carbocycles. The summed E-state index contributed by atoms with van der Waals surface area (Å²) in [5.41, 5.74) is 8.43. The normalized spacial score (nSPS) is 19.4. The summed E-state index contributed by atoms with van der Waals surface area (Å²) in [5, 5.41) is 5.49. The highest BCUT2D eigenvalue weighted by Gasteiger charge is 2.45. The Morgan fingerprint density at radius 3 is 2.00 bits per heavy atom. The highest BCUT2D eigenvalue weighted by molar-refractivity contribution is 7.86. The van der Waals surface area contributed by atoms with E-state index >= 15 is 0 Å². The van der Waals surface area contributed by atoms with Crippen LogP contribution in [0.5, 0.6) is 0 Å². The summed E-state index contributed by atoms with van der Waals surface area (Å²) < 4.78 is 66.8. The number of halogens is 1. The standard InChI is InChI=1S/C48H53ClN2O6S2/c1-47(2)42(50(30-11-13-32-58(52,53)54)40-27-24-34-16-5-8-21-38(34)44(40)47)23-10-7-18-36-19-15-20-37(46(36)49)26-29-43-48(3,4)45-39-22-9-6-17-35(39)25-28-41(45)51(43)31-12-14-33-59(55,56)57/h5-10,16-18,21-29H,11-15,19-20,30-33H2,1-4H3,(H-,52,53,54,55,56,57)/p+1. The molecule has 0 spiro atoms. The molecule has 0 radical (unpaired) electrons. The lowest BCUT2D eigenvalue weighted by atomic mass is 9.79. The second-order valence-corrected chi connectivity index (χ2v) is 20.5. The Labute approximate surface area is 354 Å². The van der Waals surface area contributed by atoms with Gasteiger partial charge in [0.15, 0.2) is 5.71 Å².